The van der Waals surface area contributed by atoms with Gasteiger partial charge in [-0.1, -0.05) is 13.0 Å². The van der Waals surface area contributed by atoms with E-state index in [-0.39, 0.29) is 17.6 Å². The maximum absolute atomic E-state index is 12.2. The van der Waals surface area contributed by atoms with E-state index >= 15 is 0 Å². The molecule has 0 heterocycles. The Morgan fingerprint density at radius 2 is 1.90 bits per heavy atom. The van der Waals surface area contributed by atoms with Crippen LogP contribution in [0, 0.1) is 5.92 Å². The topological polar surface area (TPSA) is 69.6 Å². The average Bonchev–Trinajstić information content (AvgIpc) is 2.47. The van der Waals surface area contributed by atoms with Gasteiger partial charge in [0.1, 0.15) is 0 Å². The highest BCUT2D eigenvalue weighted by Gasteiger charge is 2.24. The van der Waals surface area contributed by atoms with Gasteiger partial charge < -0.3 is 15.3 Å². The van der Waals surface area contributed by atoms with Crippen LogP contribution in [0.1, 0.15) is 43.0 Å². The second-order valence-electron chi connectivity index (χ2n) is 5.84. The van der Waals surface area contributed by atoms with Crippen molar-refractivity contribution < 1.29 is 14.7 Å². The number of rotatable bonds is 3. The van der Waals surface area contributed by atoms with E-state index in [4.69, 9.17) is 5.11 Å². The van der Waals surface area contributed by atoms with Gasteiger partial charge in [0, 0.05) is 18.8 Å². The number of carbonyl (C=O) groups excluding carboxylic acids is 1. The van der Waals surface area contributed by atoms with Gasteiger partial charge in [-0.05, 0) is 49.8 Å². The lowest BCUT2D eigenvalue weighted by Gasteiger charge is -2.33. The van der Waals surface area contributed by atoms with Gasteiger partial charge in [0.05, 0.1) is 5.56 Å². The molecule has 0 radical (unpaired) electrons. The van der Waals surface area contributed by atoms with Crippen molar-refractivity contribution in [3.63, 3.8) is 0 Å². The zero-order chi connectivity index (χ0) is 15.4. The molecular formula is C16H22N2O3. The number of hydrogen-bond acceptors (Lipinski definition) is 2. The third-order valence-electron chi connectivity index (χ3n) is 4.21. The molecule has 21 heavy (non-hydrogen) atoms. The van der Waals surface area contributed by atoms with E-state index in [2.05, 4.69) is 12.2 Å². The van der Waals surface area contributed by atoms with Gasteiger partial charge in [-0.25, -0.2) is 9.59 Å². The van der Waals surface area contributed by atoms with E-state index in [9.17, 15) is 9.59 Å². The van der Waals surface area contributed by atoms with E-state index in [1.807, 2.05) is 0 Å². The molecule has 0 atom stereocenters. The maximum Gasteiger partial charge on any atom is 0.335 e. The van der Waals surface area contributed by atoms with E-state index < -0.39 is 5.97 Å². The fraction of sp³-hybridized carbons (Fsp3) is 0.500. The van der Waals surface area contributed by atoms with E-state index in [0.29, 0.717) is 5.69 Å². The summed E-state index contributed by atoms with van der Waals surface area (Å²) in [5.74, 6) is -0.259. The number of aromatic carboxylic acids is 1. The summed E-state index contributed by atoms with van der Waals surface area (Å²) in [7, 11) is 1.80. The fourth-order valence-corrected chi connectivity index (χ4v) is 2.74. The minimum Gasteiger partial charge on any atom is -0.478 e. The molecule has 1 saturated carbocycles. The molecule has 1 aliphatic carbocycles. The van der Waals surface area contributed by atoms with Crippen molar-refractivity contribution in [3.05, 3.63) is 29.8 Å². The molecular weight excluding hydrogens is 268 g/mol. The lowest BCUT2D eigenvalue weighted by atomic mass is 9.87. The highest BCUT2D eigenvalue weighted by Crippen LogP contribution is 2.26. The second kappa shape index (κ2) is 6.61. The number of anilines is 1. The van der Waals surface area contributed by atoms with Crippen LogP contribution in [0.25, 0.3) is 0 Å². The van der Waals surface area contributed by atoms with E-state index in [1.165, 1.54) is 12.1 Å². The Morgan fingerprint density at radius 3 is 2.52 bits per heavy atom. The molecule has 1 fully saturated rings. The lowest BCUT2D eigenvalue weighted by molar-refractivity contribution is 0.0697. The Bertz CT molecular complexity index is 522. The van der Waals surface area contributed by atoms with Crippen molar-refractivity contribution in [2.24, 2.45) is 5.92 Å². The first-order chi connectivity index (χ1) is 9.97. The number of amides is 2. The number of hydrogen-bond donors (Lipinski definition) is 2. The summed E-state index contributed by atoms with van der Waals surface area (Å²) < 4.78 is 0. The van der Waals surface area contributed by atoms with E-state index in [1.54, 1.807) is 24.1 Å². The Hall–Kier alpha value is -2.04. The smallest absolute Gasteiger partial charge is 0.335 e. The van der Waals surface area contributed by atoms with Gasteiger partial charge in [-0.2, -0.15) is 0 Å². The van der Waals surface area contributed by atoms with Crippen LogP contribution in [-0.2, 0) is 0 Å². The molecule has 0 bridgehead atoms. The van der Waals surface area contributed by atoms with Gasteiger partial charge in [0.15, 0.2) is 0 Å². The van der Waals surface area contributed by atoms with Crippen molar-refractivity contribution >= 4 is 17.7 Å². The molecule has 5 heteroatoms. The van der Waals surface area contributed by atoms with Crippen molar-refractivity contribution in [1.82, 2.24) is 4.90 Å². The number of carboxylic acids is 1. The zero-order valence-corrected chi connectivity index (χ0v) is 12.5. The quantitative estimate of drug-likeness (QED) is 0.896. The maximum atomic E-state index is 12.2. The Kier molecular flexibility index (Phi) is 4.83. The first-order valence-corrected chi connectivity index (χ1v) is 7.34. The summed E-state index contributed by atoms with van der Waals surface area (Å²) in [4.78, 5) is 24.9. The van der Waals surface area contributed by atoms with Crippen LogP contribution in [0.15, 0.2) is 24.3 Å². The number of carbonyl (C=O) groups is 2. The minimum absolute atomic E-state index is 0.168. The van der Waals surface area contributed by atoms with Crippen LogP contribution in [0.3, 0.4) is 0 Å². The van der Waals surface area contributed by atoms with Crippen LogP contribution in [0.5, 0.6) is 0 Å². The Balaban J connectivity index is 1.97. The molecule has 114 valence electrons. The summed E-state index contributed by atoms with van der Waals surface area (Å²) in [6.45, 7) is 2.24. The Morgan fingerprint density at radius 1 is 1.24 bits per heavy atom. The van der Waals surface area contributed by atoms with Gasteiger partial charge in [0.2, 0.25) is 0 Å². The largest absolute Gasteiger partial charge is 0.478 e. The second-order valence-corrected chi connectivity index (χ2v) is 5.84. The average molecular weight is 290 g/mol. The van der Waals surface area contributed by atoms with Crippen LogP contribution < -0.4 is 5.32 Å². The molecule has 0 unspecified atom stereocenters. The highest BCUT2D eigenvalue weighted by atomic mass is 16.4. The molecule has 2 rings (SSSR count). The molecule has 0 spiro atoms. The van der Waals surface area contributed by atoms with Gasteiger partial charge >= 0.3 is 12.0 Å². The Labute approximate surface area is 125 Å². The SMILES string of the molecule is CC1CCC(N(C)C(=O)Nc2cccc(C(=O)O)c2)CC1. The number of urea groups is 1. The molecule has 5 nitrogen and oxygen atoms in total. The summed E-state index contributed by atoms with van der Waals surface area (Å²) >= 11 is 0. The van der Waals surface area contributed by atoms with Crippen molar-refractivity contribution in [2.75, 3.05) is 12.4 Å². The number of benzene rings is 1. The molecule has 2 amide bonds. The minimum atomic E-state index is -0.999. The zero-order valence-electron chi connectivity index (χ0n) is 12.5. The predicted octanol–water partition coefficient (Wildman–Crippen LogP) is 3.43. The summed E-state index contributed by atoms with van der Waals surface area (Å²) in [6.07, 6.45) is 4.36. The number of nitrogens with zero attached hydrogens (tertiary/aromatic N) is 1. The normalized spacial score (nSPS) is 21.6. The molecule has 0 aliphatic heterocycles. The van der Waals surface area contributed by atoms with Gasteiger partial charge in [-0.3, -0.25) is 0 Å². The lowest BCUT2D eigenvalue weighted by Crippen LogP contribution is -2.41. The van der Waals surface area contributed by atoms with Gasteiger partial charge in [0.25, 0.3) is 0 Å². The molecule has 1 aliphatic rings. The summed E-state index contributed by atoms with van der Waals surface area (Å²) in [6, 6.07) is 6.38. The third kappa shape index (κ3) is 3.97. The first-order valence-electron chi connectivity index (χ1n) is 7.34. The van der Waals surface area contributed by atoms with Crippen LogP contribution in [0.4, 0.5) is 10.5 Å². The number of carboxylic acid groups (broad SMARTS) is 1. The van der Waals surface area contributed by atoms with Crippen molar-refractivity contribution in [2.45, 2.75) is 38.6 Å². The molecule has 1 aromatic carbocycles. The molecule has 1 aromatic rings. The fourth-order valence-electron chi connectivity index (χ4n) is 2.74. The summed E-state index contributed by atoms with van der Waals surface area (Å²) in [5.41, 5.74) is 0.679. The first kappa shape index (κ1) is 15.4. The third-order valence-corrected chi connectivity index (χ3v) is 4.21. The van der Waals surface area contributed by atoms with Crippen LogP contribution in [-0.4, -0.2) is 35.1 Å². The number of nitrogens with one attached hydrogen (secondary N) is 1. The highest BCUT2D eigenvalue weighted by molar-refractivity contribution is 5.93. The van der Waals surface area contributed by atoms with Crippen molar-refractivity contribution in [3.8, 4) is 0 Å². The molecule has 2 N–H and O–H groups in total. The monoisotopic (exact) mass is 290 g/mol. The summed E-state index contributed by atoms with van der Waals surface area (Å²) in [5, 5.41) is 11.7. The van der Waals surface area contributed by atoms with E-state index in [0.717, 1.165) is 31.6 Å². The van der Waals surface area contributed by atoms with Crippen LogP contribution in [0.2, 0.25) is 0 Å². The standard InChI is InChI=1S/C16H22N2O3/c1-11-6-8-14(9-7-11)18(2)16(21)17-13-5-3-4-12(10-13)15(19)20/h3-5,10-11,14H,6-9H2,1-2H3,(H,17,21)(H,19,20). The predicted molar refractivity (Wildman–Crippen MR) is 81.6 cm³/mol. The molecule has 0 aromatic heterocycles. The van der Waals surface area contributed by atoms with Gasteiger partial charge in [-0.15, -0.1) is 0 Å². The van der Waals surface area contributed by atoms with Crippen molar-refractivity contribution in [1.29, 1.82) is 0 Å². The molecule has 0 saturated heterocycles. The van der Waals surface area contributed by atoms with Crippen LogP contribution >= 0.6 is 0 Å².